The highest BCUT2D eigenvalue weighted by molar-refractivity contribution is 5.82. The Morgan fingerprint density at radius 2 is 2.00 bits per heavy atom. The Bertz CT molecular complexity index is 273. The van der Waals surface area contributed by atoms with Crippen molar-refractivity contribution >= 4 is 12.0 Å². The number of unbranched alkanes of at least 4 members (excludes halogenated alkanes) is 1. The van der Waals surface area contributed by atoms with Crippen LogP contribution in [0.4, 0.5) is 4.79 Å². The number of hydrogen-bond donors (Lipinski definition) is 1. The SMILES string of the molecule is CCCCOC(=O)NCC(=O)N1CCC(C)CC1. The summed E-state index contributed by atoms with van der Waals surface area (Å²) in [6.07, 6.45) is 3.44. The Hall–Kier alpha value is -1.26. The fourth-order valence-electron chi connectivity index (χ4n) is 1.88. The van der Waals surface area contributed by atoms with E-state index in [1.807, 2.05) is 11.8 Å². The molecule has 0 radical (unpaired) electrons. The number of alkyl carbamates (subject to hydrolysis) is 1. The van der Waals surface area contributed by atoms with E-state index in [2.05, 4.69) is 12.2 Å². The van der Waals surface area contributed by atoms with Crippen LogP contribution in [0, 0.1) is 5.92 Å². The first-order chi connectivity index (χ1) is 8.63. The van der Waals surface area contributed by atoms with Crippen molar-refractivity contribution in [3.8, 4) is 0 Å². The van der Waals surface area contributed by atoms with Crippen LogP contribution in [0.2, 0.25) is 0 Å². The van der Waals surface area contributed by atoms with Gasteiger partial charge in [0.05, 0.1) is 6.61 Å². The zero-order valence-corrected chi connectivity index (χ0v) is 11.4. The molecule has 1 fully saturated rings. The molecule has 1 rings (SSSR count). The summed E-state index contributed by atoms with van der Waals surface area (Å²) < 4.78 is 4.92. The molecule has 104 valence electrons. The maximum atomic E-state index is 11.8. The summed E-state index contributed by atoms with van der Waals surface area (Å²) in [7, 11) is 0. The highest BCUT2D eigenvalue weighted by Crippen LogP contribution is 2.15. The third-order valence-corrected chi connectivity index (χ3v) is 3.25. The smallest absolute Gasteiger partial charge is 0.407 e. The van der Waals surface area contributed by atoms with Crippen molar-refractivity contribution in [2.75, 3.05) is 26.2 Å². The van der Waals surface area contributed by atoms with Gasteiger partial charge in [-0.2, -0.15) is 0 Å². The third-order valence-electron chi connectivity index (χ3n) is 3.25. The van der Waals surface area contributed by atoms with Gasteiger partial charge < -0.3 is 15.0 Å². The summed E-state index contributed by atoms with van der Waals surface area (Å²) in [6, 6.07) is 0. The molecule has 0 unspecified atom stereocenters. The van der Waals surface area contributed by atoms with Crippen LogP contribution in [0.15, 0.2) is 0 Å². The van der Waals surface area contributed by atoms with Gasteiger partial charge >= 0.3 is 6.09 Å². The molecule has 0 aromatic heterocycles. The molecule has 1 heterocycles. The summed E-state index contributed by atoms with van der Waals surface area (Å²) in [5.74, 6) is 0.676. The van der Waals surface area contributed by atoms with Gasteiger partial charge in [-0.05, 0) is 25.2 Å². The summed E-state index contributed by atoms with van der Waals surface area (Å²) >= 11 is 0. The molecular weight excluding hydrogens is 232 g/mol. The standard InChI is InChI=1S/C13H24N2O3/c1-3-4-9-18-13(17)14-10-12(16)15-7-5-11(2)6-8-15/h11H,3-10H2,1-2H3,(H,14,17). The molecule has 5 nitrogen and oxygen atoms in total. The predicted octanol–water partition coefficient (Wildman–Crippen LogP) is 1.77. The first kappa shape index (κ1) is 14.8. The van der Waals surface area contributed by atoms with E-state index < -0.39 is 6.09 Å². The van der Waals surface area contributed by atoms with Crippen molar-refractivity contribution in [2.45, 2.75) is 39.5 Å². The monoisotopic (exact) mass is 256 g/mol. The van der Waals surface area contributed by atoms with E-state index in [9.17, 15) is 9.59 Å². The lowest BCUT2D eigenvalue weighted by molar-refractivity contribution is -0.131. The van der Waals surface area contributed by atoms with Crippen LogP contribution < -0.4 is 5.32 Å². The van der Waals surface area contributed by atoms with Crippen LogP contribution in [-0.4, -0.2) is 43.1 Å². The highest BCUT2D eigenvalue weighted by Gasteiger charge is 2.20. The Morgan fingerprint density at radius 3 is 2.61 bits per heavy atom. The van der Waals surface area contributed by atoms with Gasteiger partial charge in [0.25, 0.3) is 0 Å². The average Bonchev–Trinajstić information content (AvgIpc) is 2.37. The summed E-state index contributed by atoms with van der Waals surface area (Å²) in [5, 5.41) is 2.50. The summed E-state index contributed by atoms with van der Waals surface area (Å²) in [4.78, 5) is 24.9. The first-order valence-electron chi connectivity index (χ1n) is 6.82. The number of likely N-dealkylation sites (tertiary alicyclic amines) is 1. The lowest BCUT2D eigenvalue weighted by Crippen LogP contribution is -2.43. The quantitative estimate of drug-likeness (QED) is 0.763. The van der Waals surface area contributed by atoms with E-state index in [4.69, 9.17) is 4.74 Å². The number of piperidine rings is 1. The van der Waals surface area contributed by atoms with Gasteiger partial charge in [0.2, 0.25) is 5.91 Å². The summed E-state index contributed by atoms with van der Waals surface area (Å²) in [6.45, 7) is 6.28. The fraction of sp³-hybridized carbons (Fsp3) is 0.846. The molecule has 0 atom stereocenters. The van der Waals surface area contributed by atoms with E-state index >= 15 is 0 Å². The third kappa shape index (κ3) is 5.38. The lowest BCUT2D eigenvalue weighted by atomic mass is 9.99. The minimum absolute atomic E-state index is 0.0191. The number of nitrogens with zero attached hydrogens (tertiary/aromatic N) is 1. The first-order valence-corrected chi connectivity index (χ1v) is 6.82. The van der Waals surface area contributed by atoms with E-state index in [0.717, 1.165) is 38.8 Å². The molecule has 0 bridgehead atoms. The van der Waals surface area contributed by atoms with Gasteiger partial charge in [-0.1, -0.05) is 20.3 Å². The number of nitrogens with one attached hydrogen (secondary N) is 1. The maximum absolute atomic E-state index is 11.8. The number of rotatable bonds is 5. The molecule has 0 spiro atoms. The number of ether oxygens (including phenoxy) is 1. The predicted molar refractivity (Wildman–Crippen MR) is 69.2 cm³/mol. The number of hydrogen-bond acceptors (Lipinski definition) is 3. The molecule has 1 N–H and O–H groups in total. The van der Waals surface area contributed by atoms with Crippen LogP contribution in [0.1, 0.15) is 39.5 Å². The Labute approximate surface area is 109 Å². The van der Waals surface area contributed by atoms with E-state index in [1.165, 1.54) is 0 Å². The zero-order chi connectivity index (χ0) is 13.4. The number of amides is 2. The molecular formula is C13H24N2O3. The number of carbonyl (C=O) groups is 2. The molecule has 0 aliphatic carbocycles. The minimum Gasteiger partial charge on any atom is -0.450 e. The van der Waals surface area contributed by atoms with E-state index in [0.29, 0.717) is 12.5 Å². The van der Waals surface area contributed by atoms with Gasteiger partial charge in [-0.3, -0.25) is 4.79 Å². The Morgan fingerprint density at radius 1 is 1.33 bits per heavy atom. The molecule has 1 saturated heterocycles. The zero-order valence-electron chi connectivity index (χ0n) is 11.4. The second kappa shape index (κ2) is 7.95. The van der Waals surface area contributed by atoms with Crippen molar-refractivity contribution in [3.63, 3.8) is 0 Å². The molecule has 1 aliphatic rings. The van der Waals surface area contributed by atoms with E-state index in [-0.39, 0.29) is 12.5 Å². The van der Waals surface area contributed by atoms with Crippen LogP contribution in [0.5, 0.6) is 0 Å². The average molecular weight is 256 g/mol. The van der Waals surface area contributed by atoms with Gasteiger partial charge in [0.1, 0.15) is 6.54 Å². The van der Waals surface area contributed by atoms with Gasteiger partial charge in [-0.25, -0.2) is 4.79 Å². The molecule has 18 heavy (non-hydrogen) atoms. The molecule has 0 aromatic carbocycles. The topological polar surface area (TPSA) is 58.6 Å². The maximum Gasteiger partial charge on any atom is 0.407 e. The van der Waals surface area contributed by atoms with Crippen molar-refractivity contribution in [3.05, 3.63) is 0 Å². The fourth-order valence-corrected chi connectivity index (χ4v) is 1.88. The van der Waals surface area contributed by atoms with Crippen LogP contribution in [0.25, 0.3) is 0 Å². The van der Waals surface area contributed by atoms with E-state index in [1.54, 1.807) is 0 Å². The van der Waals surface area contributed by atoms with Crippen molar-refractivity contribution in [2.24, 2.45) is 5.92 Å². The van der Waals surface area contributed by atoms with Crippen LogP contribution >= 0.6 is 0 Å². The van der Waals surface area contributed by atoms with Crippen molar-refractivity contribution in [1.82, 2.24) is 10.2 Å². The molecule has 5 heteroatoms. The Kier molecular flexibility index (Phi) is 6.54. The second-order valence-corrected chi connectivity index (χ2v) is 4.91. The van der Waals surface area contributed by atoms with Crippen LogP contribution in [0.3, 0.4) is 0 Å². The second-order valence-electron chi connectivity index (χ2n) is 4.91. The molecule has 2 amide bonds. The largest absolute Gasteiger partial charge is 0.450 e. The molecule has 1 aliphatic heterocycles. The van der Waals surface area contributed by atoms with Crippen molar-refractivity contribution < 1.29 is 14.3 Å². The van der Waals surface area contributed by atoms with Crippen LogP contribution in [-0.2, 0) is 9.53 Å². The normalized spacial score (nSPS) is 16.4. The molecule has 0 aromatic rings. The highest BCUT2D eigenvalue weighted by atomic mass is 16.5. The number of carbonyl (C=O) groups excluding carboxylic acids is 2. The molecule has 0 saturated carbocycles. The minimum atomic E-state index is -0.498. The van der Waals surface area contributed by atoms with Gasteiger partial charge in [0, 0.05) is 13.1 Å². The van der Waals surface area contributed by atoms with Crippen molar-refractivity contribution in [1.29, 1.82) is 0 Å². The van der Waals surface area contributed by atoms with Gasteiger partial charge in [-0.15, -0.1) is 0 Å². The lowest BCUT2D eigenvalue weighted by Gasteiger charge is -2.30. The summed E-state index contributed by atoms with van der Waals surface area (Å²) in [5.41, 5.74) is 0. The van der Waals surface area contributed by atoms with Gasteiger partial charge in [0.15, 0.2) is 0 Å². The Balaban J connectivity index is 2.14.